The lowest BCUT2D eigenvalue weighted by Gasteiger charge is -2.43. The lowest BCUT2D eigenvalue weighted by Crippen LogP contribution is -2.59. The third kappa shape index (κ3) is 5.43. The van der Waals surface area contributed by atoms with Crippen molar-refractivity contribution in [2.75, 3.05) is 26.2 Å². The van der Waals surface area contributed by atoms with Crippen LogP contribution >= 0.6 is 0 Å². The predicted octanol–water partition coefficient (Wildman–Crippen LogP) is 3.12. The number of para-hydroxylation sites is 1. The summed E-state index contributed by atoms with van der Waals surface area (Å²) in [6.07, 6.45) is 5.41. The van der Waals surface area contributed by atoms with Crippen LogP contribution in [-0.4, -0.2) is 70.3 Å². The van der Waals surface area contributed by atoms with Gasteiger partial charge in [0.2, 0.25) is 17.7 Å². The fourth-order valence-electron chi connectivity index (χ4n) is 6.00. The fourth-order valence-corrected chi connectivity index (χ4v) is 6.00. The van der Waals surface area contributed by atoms with E-state index in [1.807, 2.05) is 70.6 Å². The number of H-pyrrole nitrogens is 1. The van der Waals surface area contributed by atoms with E-state index < -0.39 is 17.0 Å². The van der Waals surface area contributed by atoms with E-state index in [9.17, 15) is 14.4 Å². The number of piperidine rings is 1. The lowest BCUT2D eigenvalue weighted by molar-refractivity contribution is -0.143. The molecule has 3 heterocycles. The minimum absolute atomic E-state index is 0.145. The summed E-state index contributed by atoms with van der Waals surface area (Å²) >= 11 is 0. The van der Waals surface area contributed by atoms with Gasteiger partial charge >= 0.3 is 0 Å². The van der Waals surface area contributed by atoms with E-state index in [0.717, 1.165) is 48.0 Å². The molecular formula is C31H39N5O3. The molecule has 5 rings (SSSR count). The molecule has 206 valence electrons. The molecule has 2 fully saturated rings. The Hall–Kier alpha value is -3.65. The number of nitrogens with zero attached hydrogens (tertiary/aromatic N) is 2. The molecule has 3 amide bonds. The van der Waals surface area contributed by atoms with Gasteiger partial charge in [-0.15, -0.1) is 0 Å². The Balaban J connectivity index is 1.38. The molecule has 3 aromatic rings. The molecule has 2 aromatic carbocycles. The van der Waals surface area contributed by atoms with Crippen LogP contribution in [0, 0.1) is 0 Å². The van der Waals surface area contributed by atoms with E-state index in [0.29, 0.717) is 32.4 Å². The van der Waals surface area contributed by atoms with Crippen molar-refractivity contribution in [1.82, 2.24) is 20.1 Å². The molecule has 0 spiro atoms. The summed E-state index contributed by atoms with van der Waals surface area (Å²) < 4.78 is 0. The first-order valence-electron chi connectivity index (χ1n) is 14.0. The Kier molecular flexibility index (Phi) is 7.49. The van der Waals surface area contributed by atoms with Crippen molar-refractivity contribution < 1.29 is 14.4 Å². The highest BCUT2D eigenvalue weighted by Crippen LogP contribution is 2.38. The second kappa shape index (κ2) is 10.8. The van der Waals surface area contributed by atoms with Crippen molar-refractivity contribution >= 4 is 28.6 Å². The minimum atomic E-state index is -1.12. The van der Waals surface area contributed by atoms with Gasteiger partial charge in [-0.1, -0.05) is 48.5 Å². The number of rotatable bonds is 7. The maximum Gasteiger partial charge on any atom is 0.245 e. The number of benzene rings is 2. The highest BCUT2D eigenvalue weighted by Gasteiger charge is 2.46. The molecule has 0 radical (unpaired) electrons. The van der Waals surface area contributed by atoms with Crippen LogP contribution in [0.2, 0.25) is 0 Å². The second-order valence-electron chi connectivity index (χ2n) is 11.6. The zero-order valence-electron chi connectivity index (χ0n) is 22.9. The van der Waals surface area contributed by atoms with E-state index in [1.54, 1.807) is 13.8 Å². The SMILES string of the molecule is CC(C)(N)C(=O)NC(Cc1c[nH]c2ccccc12)C(=O)N1CCC(C(=O)N2CCCC2)(c2ccccc2)CC1. The summed E-state index contributed by atoms with van der Waals surface area (Å²) in [5.41, 5.74) is 7.27. The van der Waals surface area contributed by atoms with Crippen LogP contribution in [0.4, 0.5) is 0 Å². The Bertz CT molecular complexity index is 1330. The highest BCUT2D eigenvalue weighted by molar-refractivity contribution is 5.93. The van der Waals surface area contributed by atoms with Gasteiger partial charge in [-0.05, 0) is 56.7 Å². The third-order valence-electron chi connectivity index (χ3n) is 8.35. The number of nitrogens with one attached hydrogen (secondary N) is 2. The first-order chi connectivity index (χ1) is 18.7. The molecular weight excluding hydrogens is 490 g/mol. The standard InChI is InChI=1S/C31H39N5O3/c1-30(2,32)28(38)34-26(20-22-21-33-25-13-7-6-12-24(22)25)27(37)35-18-14-31(15-19-35,23-10-4-3-5-11-23)29(39)36-16-8-9-17-36/h3-7,10-13,21,26,33H,8-9,14-20,32H2,1-2H3,(H,34,38). The van der Waals surface area contributed by atoms with Gasteiger partial charge in [0, 0.05) is 49.7 Å². The maximum atomic E-state index is 14.0. The van der Waals surface area contributed by atoms with Crippen LogP contribution in [0.1, 0.15) is 50.7 Å². The van der Waals surface area contributed by atoms with E-state index in [-0.39, 0.29) is 17.7 Å². The molecule has 0 aliphatic carbocycles. The van der Waals surface area contributed by atoms with E-state index >= 15 is 0 Å². The summed E-state index contributed by atoms with van der Waals surface area (Å²) in [6.45, 7) is 5.75. The maximum absolute atomic E-state index is 14.0. The van der Waals surface area contributed by atoms with Crippen LogP contribution < -0.4 is 11.1 Å². The van der Waals surface area contributed by atoms with Gasteiger partial charge in [0.15, 0.2) is 0 Å². The monoisotopic (exact) mass is 529 g/mol. The highest BCUT2D eigenvalue weighted by atomic mass is 16.2. The summed E-state index contributed by atoms with van der Waals surface area (Å²) in [6, 6.07) is 17.2. The quantitative estimate of drug-likeness (QED) is 0.437. The molecule has 2 aliphatic rings. The number of aromatic nitrogens is 1. The number of likely N-dealkylation sites (tertiary alicyclic amines) is 2. The van der Waals surface area contributed by atoms with Gasteiger partial charge in [-0.25, -0.2) is 0 Å². The topological polar surface area (TPSA) is 112 Å². The van der Waals surface area contributed by atoms with Crippen LogP contribution in [0.3, 0.4) is 0 Å². The number of carbonyl (C=O) groups is 3. The van der Waals surface area contributed by atoms with Gasteiger partial charge in [-0.2, -0.15) is 0 Å². The van der Waals surface area contributed by atoms with Crippen molar-refractivity contribution in [3.05, 3.63) is 71.9 Å². The number of hydrogen-bond donors (Lipinski definition) is 3. The van der Waals surface area contributed by atoms with Crippen molar-refractivity contribution in [3.63, 3.8) is 0 Å². The van der Waals surface area contributed by atoms with Gasteiger partial charge in [0.1, 0.15) is 6.04 Å². The molecule has 0 bridgehead atoms. The van der Waals surface area contributed by atoms with Crippen LogP contribution in [0.5, 0.6) is 0 Å². The zero-order chi connectivity index (χ0) is 27.6. The van der Waals surface area contributed by atoms with Crippen molar-refractivity contribution in [2.45, 2.75) is 62.9 Å². The molecule has 1 atom stereocenters. The lowest BCUT2D eigenvalue weighted by atomic mass is 9.71. The minimum Gasteiger partial charge on any atom is -0.361 e. The summed E-state index contributed by atoms with van der Waals surface area (Å²) in [5, 5.41) is 3.96. The number of fused-ring (bicyclic) bond motifs is 1. The van der Waals surface area contributed by atoms with Crippen molar-refractivity contribution in [3.8, 4) is 0 Å². The predicted molar refractivity (Wildman–Crippen MR) is 152 cm³/mol. The molecule has 8 nitrogen and oxygen atoms in total. The molecule has 1 aromatic heterocycles. The first kappa shape index (κ1) is 26.9. The summed E-state index contributed by atoms with van der Waals surface area (Å²) in [5.74, 6) is -0.347. The Morgan fingerprint density at radius 2 is 1.59 bits per heavy atom. The number of aromatic amines is 1. The second-order valence-corrected chi connectivity index (χ2v) is 11.6. The van der Waals surface area contributed by atoms with Crippen LogP contribution in [0.15, 0.2) is 60.8 Å². The number of nitrogens with two attached hydrogens (primary N) is 1. The average Bonchev–Trinajstić information content (AvgIpc) is 3.63. The van der Waals surface area contributed by atoms with Crippen molar-refractivity contribution in [1.29, 1.82) is 0 Å². The molecule has 2 saturated heterocycles. The summed E-state index contributed by atoms with van der Waals surface area (Å²) in [7, 11) is 0. The smallest absolute Gasteiger partial charge is 0.245 e. The summed E-state index contributed by atoms with van der Waals surface area (Å²) in [4.78, 5) is 47.8. The molecule has 39 heavy (non-hydrogen) atoms. The fraction of sp³-hybridized carbons (Fsp3) is 0.452. The van der Waals surface area contributed by atoms with Crippen LogP contribution in [-0.2, 0) is 26.2 Å². The van der Waals surface area contributed by atoms with Crippen LogP contribution in [0.25, 0.3) is 10.9 Å². The Morgan fingerprint density at radius 1 is 0.949 bits per heavy atom. The third-order valence-corrected chi connectivity index (χ3v) is 8.35. The van der Waals surface area contributed by atoms with E-state index in [2.05, 4.69) is 10.3 Å². The largest absolute Gasteiger partial charge is 0.361 e. The van der Waals surface area contributed by atoms with Gasteiger partial charge in [0.05, 0.1) is 11.0 Å². The molecule has 2 aliphatic heterocycles. The zero-order valence-corrected chi connectivity index (χ0v) is 22.9. The normalized spacial score (nSPS) is 18.2. The van der Waals surface area contributed by atoms with Gasteiger partial charge < -0.3 is 25.8 Å². The van der Waals surface area contributed by atoms with Gasteiger partial charge in [0.25, 0.3) is 0 Å². The van der Waals surface area contributed by atoms with E-state index in [4.69, 9.17) is 5.73 Å². The van der Waals surface area contributed by atoms with E-state index in [1.165, 1.54) is 0 Å². The Labute approximate surface area is 229 Å². The number of hydrogen-bond acceptors (Lipinski definition) is 4. The molecule has 8 heteroatoms. The molecule has 0 saturated carbocycles. The number of amides is 3. The first-order valence-corrected chi connectivity index (χ1v) is 14.0. The van der Waals surface area contributed by atoms with Gasteiger partial charge in [-0.3, -0.25) is 14.4 Å². The average molecular weight is 530 g/mol. The Morgan fingerprint density at radius 3 is 2.26 bits per heavy atom. The molecule has 1 unspecified atom stereocenters. The van der Waals surface area contributed by atoms with Crippen molar-refractivity contribution in [2.24, 2.45) is 5.73 Å². The number of carbonyl (C=O) groups excluding carboxylic acids is 3. The molecule has 4 N–H and O–H groups in total.